The van der Waals surface area contributed by atoms with Gasteiger partial charge in [0.25, 0.3) is 5.91 Å². The molecule has 1 heterocycles. The maximum Gasteiger partial charge on any atom is 0.320 e. The molecule has 0 spiro atoms. The molecule has 1 saturated heterocycles. The Morgan fingerprint density at radius 2 is 2.25 bits per heavy atom. The SMILES string of the molecule is CCCCN(CC(=O)NO)C(=O)N1CCC[C@H]1COC. The zero-order valence-electron chi connectivity index (χ0n) is 12.3. The van der Waals surface area contributed by atoms with Crippen molar-refractivity contribution >= 4 is 11.9 Å². The lowest BCUT2D eigenvalue weighted by Crippen LogP contribution is -2.49. The van der Waals surface area contributed by atoms with Gasteiger partial charge in [0.1, 0.15) is 6.54 Å². The first kappa shape index (κ1) is 16.7. The lowest BCUT2D eigenvalue weighted by atomic mass is 10.2. The Morgan fingerprint density at radius 1 is 1.50 bits per heavy atom. The molecule has 1 atom stereocenters. The van der Waals surface area contributed by atoms with Crippen LogP contribution in [-0.4, -0.2) is 66.3 Å². The Hall–Kier alpha value is -1.34. The summed E-state index contributed by atoms with van der Waals surface area (Å²) in [5.74, 6) is -0.572. The van der Waals surface area contributed by atoms with Crippen molar-refractivity contribution in [1.82, 2.24) is 15.3 Å². The number of ether oxygens (including phenoxy) is 1. The molecule has 1 aliphatic rings. The van der Waals surface area contributed by atoms with Crippen molar-refractivity contribution in [2.75, 3.05) is 33.4 Å². The number of hydrogen-bond donors (Lipinski definition) is 2. The molecule has 0 aromatic carbocycles. The molecule has 20 heavy (non-hydrogen) atoms. The lowest BCUT2D eigenvalue weighted by Gasteiger charge is -2.31. The van der Waals surface area contributed by atoms with Crippen LogP contribution in [0.3, 0.4) is 0 Å². The predicted octanol–water partition coefficient (Wildman–Crippen LogP) is 0.825. The van der Waals surface area contributed by atoms with Crippen LogP contribution >= 0.6 is 0 Å². The van der Waals surface area contributed by atoms with E-state index in [2.05, 4.69) is 0 Å². The second-order valence-corrected chi connectivity index (χ2v) is 5.04. The number of urea groups is 1. The number of carbonyl (C=O) groups excluding carboxylic acids is 2. The number of rotatable bonds is 7. The number of methoxy groups -OCH3 is 1. The van der Waals surface area contributed by atoms with Gasteiger partial charge in [-0.3, -0.25) is 10.0 Å². The van der Waals surface area contributed by atoms with E-state index in [1.54, 1.807) is 17.5 Å². The molecule has 0 unspecified atom stereocenters. The Balaban J connectivity index is 2.67. The Morgan fingerprint density at radius 3 is 2.85 bits per heavy atom. The van der Waals surface area contributed by atoms with Crippen molar-refractivity contribution in [3.63, 3.8) is 0 Å². The van der Waals surface area contributed by atoms with Crippen molar-refractivity contribution in [3.05, 3.63) is 0 Å². The van der Waals surface area contributed by atoms with E-state index < -0.39 is 5.91 Å². The van der Waals surface area contributed by atoms with Gasteiger partial charge in [0.15, 0.2) is 0 Å². The van der Waals surface area contributed by atoms with E-state index in [1.807, 2.05) is 6.92 Å². The zero-order chi connectivity index (χ0) is 15.0. The van der Waals surface area contributed by atoms with Gasteiger partial charge in [-0.2, -0.15) is 0 Å². The molecule has 0 bridgehead atoms. The quantitative estimate of drug-likeness (QED) is 0.536. The maximum absolute atomic E-state index is 12.5. The summed E-state index contributed by atoms with van der Waals surface area (Å²) < 4.78 is 5.14. The molecule has 3 amide bonds. The van der Waals surface area contributed by atoms with Gasteiger partial charge in [-0.15, -0.1) is 0 Å². The molecule has 0 aromatic rings. The highest BCUT2D eigenvalue weighted by Gasteiger charge is 2.32. The summed E-state index contributed by atoms with van der Waals surface area (Å²) in [4.78, 5) is 27.1. The number of carbonyl (C=O) groups is 2. The fourth-order valence-electron chi connectivity index (χ4n) is 2.43. The minimum absolute atomic E-state index is 0.0776. The predicted molar refractivity (Wildman–Crippen MR) is 73.4 cm³/mol. The summed E-state index contributed by atoms with van der Waals surface area (Å²) in [6, 6.07) is -0.0737. The standard InChI is InChI=1S/C13H25N3O4/c1-3-4-7-15(9-12(17)14-19)13(18)16-8-5-6-11(16)10-20-2/h11,19H,3-10H2,1-2H3,(H,14,17)/t11-/m0/s1. The van der Waals surface area contributed by atoms with E-state index in [0.717, 1.165) is 25.7 Å². The monoisotopic (exact) mass is 287 g/mol. The minimum Gasteiger partial charge on any atom is -0.383 e. The van der Waals surface area contributed by atoms with Crippen LogP contribution in [0.25, 0.3) is 0 Å². The van der Waals surface area contributed by atoms with Gasteiger partial charge in [-0.05, 0) is 19.3 Å². The number of amides is 3. The molecule has 0 aromatic heterocycles. The van der Waals surface area contributed by atoms with E-state index in [4.69, 9.17) is 9.94 Å². The van der Waals surface area contributed by atoms with Crippen molar-refractivity contribution in [2.45, 2.75) is 38.6 Å². The van der Waals surface area contributed by atoms with E-state index in [1.165, 1.54) is 4.90 Å². The third-order valence-corrected chi connectivity index (χ3v) is 3.49. The van der Waals surface area contributed by atoms with Crippen LogP contribution in [0, 0.1) is 0 Å². The largest absolute Gasteiger partial charge is 0.383 e. The van der Waals surface area contributed by atoms with Crippen molar-refractivity contribution in [2.24, 2.45) is 0 Å². The highest BCUT2D eigenvalue weighted by atomic mass is 16.5. The number of hydrogen-bond acceptors (Lipinski definition) is 4. The summed E-state index contributed by atoms with van der Waals surface area (Å²) >= 11 is 0. The average Bonchev–Trinajstić information content (AvgIpc) is 2.91. The van der Waals surface area contributed by atoms with E-state index in [9.17, 15) is 9.59 Å². The Kier molecular flexibility index (Phi) is 7.32. The van der Waals surface area contributed by atoms with Crippen LogP contribution in [0.15, 0.2) is 0 Å². The molecule has 7 heteroatoms. The molecule has 1 aliphatic heterocycles. The summed E-state index contributed by atoms with van der Waals surface area (Å²) in [5.41, 5.74) is 1.58. The first-order valence-electron chi connectivity index (χ1n) is 7.11. The first-order valence-corrected chi connectivity index (χ1v) is 7.11. The lowest BCUT2D eigenvalue weighted by molar-refractivity contribution is -0.129. The smallest absolute Gasteiger partial charge is 0.320 e. The van der Waals surface area contributed by atoms with E-state index >= 15 is 0 Å². The summed E-state index contributed by atoms with van der Waals surface area (Å²) in [6.07, 6.45) is 3.64. The molecule has 1 fully saturated rings. The molecule has 7 nitrogen and oxygen atoms in total. The molecule has 116 valence electrons. The molecule has 0 radical (unpaired) electrons. The van der Waals surface area contributed by atoms with Crippen LogP contribution in [0.5, 0.6) is 0 Å². The van der Waals surface area contributed by atoms with Gasteiger partial charge in [-0.25, -0.2) is 10.3 Å². The van der Waals surface area contributed by atoms with E-state index in [0.29, 0.717) is 19.7 Å². The van der Waals surface area contributed by atoms with Crippen LogP contribution in [0.4, 0.5) is 4.79 Å². The Labute approximate surface area is 119 Å². The van der Waals surface area contributed by atoms with Crippen LogP contribution in [0.2, 0.25) is 0 Å². The highest BCUT2D eigenvalue weighted by Crippen LogP contribution is 2.19. The normalized spacial score (nSPS) is 18.1. The van der Waals surface area contributed by atoms with Crippen LogP contribution in [0.1, 0.15) is 32.6 Å². The fraction of sp³-hybridized carbons (Fsp3) is 0.846. The molecule has 0 saturated carbocycles. The number of likely N-dealkylation sites (tertiary alicyclic amines) is 1. The van der Waals surface area contributed by atoms with Gasteiger partial charge in [0.05, 0.1) is 12.6 Å². The Bertz CT molecular complexity index is 325. The van der Waals surface area contributed by atoms with Crippen LogP contribution < -0.4 is 5.48 Å². The number of unbranched alkanes of at least 4 members (excludes halogenated alkanes) is 1. The number of nitrogens with one attached hydrogen (secondary N) is 1. The molecule has 0 aliphatic carbocycles. The second-order valence-electron chi connectivity index (χ2n) is 5.04. The maximum atomic E-state index is 12.5. The third kappa shape index (κ3) is 4.64. The van der Waals surface area contributed by atoms with Gasteiger partial charge in [-0.1, -0.05) is 13.3 Å². The van der Waals surface area contributed by atoms with Gasteiger partial charge in [0, 0.05) is 20.2 Å². The molecular formula is C13H25N3O4. The summed E-state index contributed by atoms with van der Waals surface area (Å²) in [6.45, 7) is 3.62. The topological polar surface area (TPSA) is 82.1 Å². The highest BCUT2D eigenvalue weighted by molar-refractivity contribution is 5.83. The number of nitrogens with zero attached hydrogens (tertiary/aromatic N) is 2. The van der Waals surface area contributed by atoms with Crippen LogP contribution in [-0.2, 0) is 9.53 Å². The van der Waals surface area contributed by atoms with Crippen molar-refractivity contribution in [3.8, 4) is 0 Å². The molecule has 2 N–H and O–H groups in total. The van der Waals surface area contributed by atoms with Gasteiger partial charge in [0.2, 0.25) is 0 Å². The zero-order valence-corrected chi connectivity index (χ0v) is 12.3. The van der Waals surface area contributed by atoms with Gasteiger partial charge < -0.3 is 14.5 Å². The third-order valence-electron chi connectivity index (χ3n) is 3.49. The summed E-state index contributed by atoms with van der Waals surface area (Å²) in [7, 11) is 1.62. The molecular weight excluding hydrogens is 262 g/mol. The van der Waals surface area contributed by atoms with Crippen molar-refractivity contribution < 1.29 is 19.5 Å². The first-order chi connectivity index (χ1) is 9.63. The van der Waals surface area contributed by atoms with Gasteiger partial charge >= 0.3 is 6.03 Å². The van der Waals surface area contributed by atoms with Crippen molar-refractivity contribution in [1.29, 1.82) is 0 Å². The minimum atomic E-state index is -0.572. The molecule has 1 rings (SSSR count). The fourth-order valence-corrected chi connectivity index (χ4v) is 2.43. The number of hydroxylamine groups is 1. The summed E-state index contributed by atoms with van der Waals surface area (Å²) in [5, 5.41) is 8.62. The second kappa shape index (κ2) is 8.76. The van der Waals surface area contributed by atoms with E-state index in [-0.39, 0.29) is 18.6 Å². The average molecular weight is 287 g/mol.